The van der Waals surface area contributed by atoms with E-state index in [1.54, 1.807) is 16.3 Å². The zero-order valence-electron chi connectivity index (χ0n) is 15.9. The van der Waals surface area contributed by atoms with E-state index in [1.807, 2.05) is 0 Å². The Morgan fingerprint density at radius 3 is 2.50 bits per heavy atom. The van der Waals surface area contributed by atoms with E-state index in [0.29, 0.717) is 0 Å². The van der Waals surface area contributed by atoms with Crippen molar-refractivity contribution in [3.63, 3.8) is 0 Å². The summed E-state index contributed by atoms with van der Waals surface area (Å²) >= 11 is 0. The smallest absolute Gasteiger partial charge is 0.0847 e. The Hall–Kier alpha value is -1.86. The lowest BCUT2D eigenvalue weighted by Gasteiger charge is -2.44. The van der Waals surface area contributed by atoms with E-state index in [9.17, 15) is 0 Å². The first-order chi connectivity index (χ1) is 12.8. The maximum Gasteiger partial charge on any atom is 0.0992 e. The van der Waals surface area contributed by atoms with E-state index in [0.717, 1.165) is 6.42 Å². The van der Waals surface area contributed by atoms with Crippen molar-refractivity contribution in [1.82, 2.24) is 0 Å². The summed E-state index contributed by atoms with van der Waals surface area (Å²) < 4.78 is 0. The third-order valence-corrected chi connectivity index (χ3v) is 9.60. The standard InChI is InChI=1S/C25H29Si/c1-26(23-17-8-5-9-18-23)25(22-15-6-3-2-4-7-16-22)20-12-14-21-13-10-11-19-24(21)25/h5,8-15,17-19H,2-4,6-7,16,20H2,1H3. The van der Waals surface area contributed by atoms with Crippen LogP contribution in [0.25, 0.3) is 6.08 Å². The fourth-order valence-corrected chi connectivity index (χ4v) is 7.87. The molecule has 1 heteroatoms. The minimum atomic E-state index is -0.785. The van der Waals surface area contributed by atoms with Crippen LogP contribution in [0.3, 0.4) is 0 Å². The van der Waals surface area contributed by atoms with Gasteiger partial charge in [-0.15, -0.1) is 0 Å². The minimum absolute atomic E-state index is 0.203. The molecule has 0 saturated heterocycles. The second-order valence-electron chi connectivity index (χ2n) is 7.77. The van der Waals surface area contributed by atoms with Crippen LogP contribution >= 0.6 is 0 Å². The Morgan fingerprint density at radius 2 is 1.62 bits per heavy atom. The molecule has 0 bridgehead atoms. The average molecular weight is 358 g/mol. The van der Waals surface area contributed by atoms with Crippen molar-refractivity contribution in [2.45, 2.75) is 56.5 Å². The van der Waals surface area contributed by atoms with Crippen LogP contribution in [0.15, 0.2) is 72.3 Å². The van der Waals surface area contributed by atoms with Gasteiger partial charge in [0, 0.05) is 5.04 Å². The first kappa shape index (κ1) is 17.5. The highest BCUT2D eigenvalue weighted by Crippen LogP contribution is 2.46. The van der Waals surface area contributed by atoms with Gasteiger partial charge in [-0.2, -0.15) is 0 Å². The van der Waals surface area contributed by atoms with Gasteiger partial charge in [-0.25, -0.2) is 0 Å². The van der Waals surface area contributed by atoms with Crippen LogP contribution in [0.5, 0.6) is 0 Å². The maximum atomic E-state index is 2.63. The zero-order chi connectivity index (χ0) is 17.8. The number of rotatable bonds is 3. The van der Waals surface area contributed by atoms with Gasteiger partial charge in [0.25, 0.3) is 0 Å². The second kappa shape index (κ2) is 7.80. The highest BCUT2D eigenvalue weighted by Gasteiger charge is 2.44. The van der Waals surface area contributed by atoms with Gasteiger partial charge in [-0.1, -0.05) is 103 Å². The summed E-state index contributed by atoms with van der Waals surface area (Å²) in [5.41, 5.74) is 4.74. The van der Waals surface area contributed by atoms with E-state index in [2.05, 4.69) is 79.4 Å². The highest BCUT2D eigenvalue weighted by atomic mass is 28.3. The van der Waals surface area contributed by atoms with E-state index < -0.39 is 8.80 Å². The molecule has 0 spiro atoms. The first-order valence-corrected chi connectivity index (χ1v) is 12.2. The molecule has 133 valence electrons. The molecule has 26 heavy (non-hydrogen) atoms. The van der Waals surface area contributed by atoms with Gasteiger partial charge in [0.1, 0.15) is 0 Å². The Balaban J connectivity index is 1.89. The number of allylic oxidation sites excluding steroid dienone is 3. The van der Waals surface area contributed by atoms with Crippen molar-refractivity contribution in [3.8, 4) is 0 Å². The van der Waals surface area contributed by atoms with E-state index >= 15 is 0 Å². The molecule has 2 aromatic rings. The molecule has 0 saturated carbocycles. The Morgan fingerprint density at radius 1 is 0.846 bits per heavy atom. The molecule has 0 heterocycles. The van der Waals surface area contributed by atoms with Crippen molar-refractivity contribution in [2.75, 3.05) is 0 Å². The molecule has 0 amide bonds. The van der Waals surface area contributed by atoms with Gasteiger partial charge >= 0.3 is 0 Å². The SMILES string of the molecule is C[Si](c1ccccc1)C1(C2=CCCCCCC2)CC=Cc2ccccc21. The molecule has 0 aliphatic heterocycles. The topological polar surface area (TPSA) is 0 Å². The molecule has 1 atom stereocenters. The molecule has 1 radical (unpaired) electrons. The summed E-state index contributed by atoms with van der Waals surface area (Å²) in [5.74, 6) is 0. The summed E-state index contributed by atoms with van der Waals surface area (Å²) in [7, 11) is -0.785. The highest BCUT2D eigenvalue weighted by molar-refractivity contribution is 6.75. The van der Waals surface area contributed by atoms with Crippen molar-refractivity contribution >= 4 is 20.1 Å². The van der Waals surface area contributed by atoms with Gasteiger partial charge in [0.15, 0.2) is 0 Å². The normalized spacial score (nSPS) is 23.1. The molecule has 0 fully saturated rings. The number of hydrogen-bond donors (Lipinski definition) is 0. The fourth-order valence-electron chi connectivity index (χ4n) is 4.92. The van der Waals surface area contributed by atoms with Crippen LogP contribution in [0.2, 0.25) is 6.55 Å². The Labute approximate surface area is 160 Å². The molecule has 2 aromatic carbocycles. The van der Waals surface area contributed by atoms with Crippen LogP contribution in [0.1, 0.15) is 56.1 Å². The monoisotopic (exact) mass is 357 g/mol. The molecule has 0 nitrogen and oxygen atoms in total. The van der Waals surface area contributed by atoms with Gasteiger partial charge in [0.2, 0.25) is 0 Å². The molecule has 0 N–H and O–H groups in total. The minimum Gasteiger partial charge on any atom is -0.0847 e. The summed E-state index contributed by atoms with van der Waals surface area (Å²) in [6.07, 6.45) is 16.6. The Bertz CT molecular complexity index is 802. The van der Waals surface area contributed by atoms with Gasteiger partial charge in [-0.05, 0) is 43.2 Å². The van der Waals surface area contributed by atoms with E-state index in [4.69, 9.17) is 0 Å². The average Bonchev–Trinajstić information content (AvgIpc) is 2.67. The van der Waals surface area contributed by atoms with Crippen molar-refractivity contribution in [3.05, 3.63) is 83.4 Å². The number of fused-ring (bicyclic) bond motifs is 1. The predicted octanol–water partition coefficient (Wildman–Crippen LogP) is 6.19. The first-order valence-electron chi connectivity index (χ1n) is 10.2. The number of hydrogen-bond acceptors (Lipinski definition) is 0. The summed E-state index contributed by atoms with van der Waals surface area (Å²) in [6, 6.07) is 20.5. The lowest BCUT2D eigenvalue weighted by molar-refractivity contribution is 0.572. The second-order valence-corrected chi connectivity index (χ2v) is 10.5. The molecule has 0 aromatic heterocycles. The van der Waals surface area contributed by atoms with Crippen LogP contribution in [0, 0.1) is 0 Å². The largest absolute Gasteiger partial charge is 0.0992 e. The third-order valence-electron chi connectivity index (χ3n) is 6.33. The van der Waals surface area contributed by atoms with Crippen molar-refractivity contribution in [2.24, 2.45) is 0 Å². The van der Waals surface area contributed by atoms with Crippen LogP contribution in [-0.2, 0) is 5.04 Å². The molecule has 4 rings (SSSR count). The lowest BCUT2D eigenvalue weighted by atomic mass is 9.78. The van der Waals surface area contributed by atoms with Crippen LogP contribution in [0.4, 0.5) is 0 Å². The van der Waals surface area contributed by atoms with Crippen molar-refractivity contribution < 1.29 is 0 Å². The summed E-state index contributed by atoms with van der Waals surface area (Å²) in [5, 5.41) is 1.76. The molecule has 2 aliphatic rings. The lowest BCUT2D eigenvalue weighted by Crippen LogP contribution is -2.51. The van der Waals surface area contributed by atoms with E-state index in [1.165, 1.54) is 44.1 Å². The quantitative estimate of drug-likeness (QED) is 0.453. The molecule has 1 unspecified atom stereocenters. The fraction of sp³-hybridized carbons (Fsp3) is 0.360. The number of benzene rings is 2. The zero-order valence-corrected chi connectivity index (χ0v) is 16.9. The predicted molar refractivity (Wildman–Crippen MR) is 115 cm³/mol. The van der Waals surface area contributed by atoms with Crippen LogP contribution < -0.4 is 5.19 Å². The van der Waals surface area contributed by atoms with E-state index in [-0.39, 0.29) is 5.04 Å². The van der Waals surface area contributed by atoms with Gasteiger partial charge in [0.05, 0.1) is 8.80 Å². The van der Waals surface area contributed by atoms with Crippen LogP contribution in [-0.4, -0.2) is 8.80 Å². The van der Waals surface area contributed by atoms with Gasteiger partial charge < -0.3 is 0 Å². The maximum absolute atomic E-state index is 2.63. The molecular formula is C25H29Si. The third kappa shape index (κ3) is 3.14. The molecule has 2 aliphatic carbocycles. The van der Waals surface area contributed by atoms with Gasteiger partial charge in [-0.3, -0.25) is 0 Å². The summed E-state index contributed by atoms with van der Waals surface area (Å²) in [4.78, 5) is 0. The molecular weight excluding hydrogens is 328 g/mol. The summed E-state index contributed by atoms with van der Waals surface area (Å²) in [6.45, 7) is 2.55. The Kier molecular flexibility index (Phi) is 5.26. The van der Waals surface area contributed by atoms with Crippen molar-refractivity contribution in [1.29, 1.82) is 0 Å².